The monoisotopic (exact) mass is 365 g/mol. The number of carbonyl (C=O) groups excluding carboxylic acids is 3. The molecule has 21 heavy (non-hydrogen) atoms. The van der Waals surface area contributed by atoms with E-state index in [2.05, 4.69) is 0 Å². The third kappa shape index (κ3) is 3.98. The molecule has 5 nitrogen and oxygen atoms in total. The first-order valence-electron chi connectivity index (χ1n) is 5.99. The number of likely N-dealkylation sites (tertiary alicyclic amines) is 1. The van der Waals surface area contributed by atoms with E-state index in [1.807, 2.05) is 30.3 Å². The van der Waals surface area contributed by atoms with Crippen LogP contribution in [0.5, 0.6) is 0 Å². The summed E-state index contributed by atoms with van der Waals surface area (Å²) in [7, 11) is 2.63. The van der Waals surface area contributed by atoms with Crippen molar-refractivity contribution in [3.63, 3.8) is 0 Å². The van der Waals surface area contributed by atoms with Crippen molar-refractivity contribution in [3.05, 3.63) is 43.3 Å². The average molecular weight is 365 g/mol. The van der Waals surface area contributed by atoms with Gasteiger partial charge in [-0.2, -0.15) is 0 Å². The van der Waals surface area contributed by atoms with Crippen molar-refractivity contribution < 1.29 is 51.8 Å². The molecule has 111 valence electrons. The third-order valence-corrected chi connectivity index (χ3v) is 3.45. The average Bonchev–Trinajstić information content (AvgIpc) is 2.44. The van der Waals surface area contributed by atoms with Gasteiger partial charge < -0.3 is 12.2 Å². The van der Waals surface area contributed by atoms with Gasteiger partial charge in [0.1, 0.15) is 5.92 Å². The predicted molar refractivity (Wildman–Crippen MR) is 73.5 cm³/mol. The number of benzene rings is 1. The molecule has 6 heteroatoms. The summed E-state index contributed by atoms with van der Waals surface area (Å²) in [5.74, 6) is -2.78. The Hall–Kier alpha value is -1.07. The number of imide groups is 1. The molecule has 2 unspecified atom stereocenters. The Morgan fingerprint density at radius 2 is 1.81 bits per heavy atom. The van der Waals surface area contributed by atoms with Crippen LogP contribution >= 0.6 is 0 Å². The van der Waals surface area contributed by atoms with Gasteiger partial charge in [0, 0.05) is 52.1 Å². The SMILES string of the molecule is COC(=O)C1C(=O)N(C)C(=O)CC1c1ccccc1.[CH3-].[Y]. The largest absolute Gasteiger partial charge is 0.468 e. The van der Waals surface area contributed by atoms with Crippen molar-refractivity contribution in [1.82, 2.24) is 4.90 Å². The summed E-state index contributed by atoms with van der Waals surface area (Å²) in [4.78, 5) is 36.8. The van der Waals surface area contributed by atoms with Crippen LogP contribution in [0.15, 0.2) is 30.3 Å². The zero-order chi connectivity index (χ0) is 14.0. The van der Waals surface area contributed by atoms with Crippen molar-refractivity contribution in [1.29, 1.82) is 0 Å². The molecule has 1 heterocycles. The minimum atomic E-state index is -0.949. The second-order valence-electron chi connectivity index (χ2n) is 4.51. The molecule has 2 amide bonds. The van der Waals surface area contributed by atoms with Gasteiger partial charge in [0.25, 0.3) is 0 Å². The second-order valence-corrected chi connectivity index (χ2v) is 4.51. The zero-order valence-electron chi connectivity index (χ0n) is 12.4. The molecular weight excluding hydrogens is 347 g/mol. The fourth-order valence-electron chi connectivity index (χ4n) is 2.35. The van der Waals surface area contributed by atoms with Crippen molar-refractivity contribution in [2.75, 3.05) is 14.2 Å². The van der Waals surface area contributed by atoms with Crippen molar-refractivity contribution in [2.45, 2.75) is 12.3 Å². The van der Waals surface area contributed by atoms with E-state index in [4.69, 9.17) is 4.74 Å². The smallest absolute Gasteiger partial charge is 0.318 e. The number of nitrogens with zero attached hydrogens (tertiary/aromatic N) is 1. The first kappa shape index (κ1) is 19.9. The van der Waals surface area contributed by atoms with Gasteiger partial charge in [0.05, 0.1) is 7.11 Å². The summed E-state index contributed by atoms with van der Waals surface area (Å²) in [5.41, 5.74) is 0.799. The fourth-order valence-corrected chi connectivity index (χ4v) is 2.35. The summed E-state index contributed by atoms with van der Waals surface area (Å²) in [5, 5.41) is 0. The summed E-state index contributed by atoms with van der Waals surface area (Å²) in [6.07, 6.45) is 0.131. The van der Waals surface area contributed by atoms with Crippen LogP contribution in [0.1, 0.15) is 17.9 Å². The van der Waals surface area contributed by atoms with E-state index in [1.54, 1.807) is 0 Å². The van der Waals surface area contributed by atoms with E-state index in [0.29, 0.717) is 0 Å². The number of hydrogen-bond donors (Lipinski definition) is 0. The topological polar surface area (TPSA) is 63.7 Å². The van der Waals surface area contributed by atoms with Gasteiger partial charge in [-0.1, -0.05) is 30.3 Å². The molecule has 1 saturated heterocycles. The van der Waals surface area contributed by atoms with Gasteiger partial charge in [-0.25, -0.2) is 0 Å². The van der Waals surface area contributed by atoms with E-state index in [9.17, 15) is 14.4 Å². The standard InChI is InChI=1S/C14H15NO4.CH3.Y/c1-15-11(16)8-10(9-6-4-3-5-7-9)12(13(15)17)14(18)19-2;;/h3-7,10,12H,8H2,1-2H3;1H3;/q;-1;. The van der Waals surface area contributed by atoms with E-state index in [1.165, 1.54) is 14.2 Å². The fraction of sp³-hybridized carbons (Fsp3) is 0.333. The van der Waals surface area contributed by atoms with E-state index in [-0.39, 0.29) is 52.5 Å². The molecule has 0 aromatic heterocycles. The third-order valence-electron chi connectivity index (χ3n) is 3.45. The van der Waals surface area contributed by atoms with Gasteiger partial charge in [0.2, 0.25) is 11.8 Å². The maximum absolute atomic E-state index is 12.1. The second kappa shape index (κ2) is 8.39. The number of methoxy groups -OCH3 is 1. The molecule has 1 aliphatic heterocycles. The molecular formula is C15H18NO4Y-. The Morgan fingerprint density at radius 3 is 2.33 bits per heavy atom. The van der Waals surface area contributed by atoms with Crippen LogP contribution in [0.4, 0.5) is 0 Å². The Bertz CT molecular complexity index is 518. The van der Waals surface area contributed by atoms with Crippen LogP contribution < -0.4 is 0 Å². The van der Waals surface area contributed by atoms with Crippen LogP contribution in [-0.4, -0.2) is 36.8 Å². The van der Waals surface area contributed by atoms with Gasteiger partial charge in [0.15, 0.2) is 0 Å². The van der Waals surface area contributed by atoms with Crippen LogP contribution in [0, 0.1) is 13.3 Å². The molecule has 0 N–H and O–H groups in total. The van der Waals surface area contributed by atoms with Crippen LogP contribution in [-0.2, 0) is 51.8 Å². The first-order chi connectivity index (χ1) is 9.06. The molecule has 0 spiro atoms. The number of hydrogen-bond acceptors (Lipinski definition) is 4. The number of piperidine rings is 1. The molecule has 1 aromatic rings. The molecule has 1 radical (unpaired) electrons. The Kier molecular flexibility index (Phi) is 7.97. The minimum absolute atomic E-state index is 0. The van der Waals surface area contributed by atoms with E-state index >= 15 is 0 Å². The number of rotatable bonds is 2. The molecule has 0 bridgehead atoms. The number of carbonyl (C=O) groups is 3. The number of esters is 1. The summed E-state index contributed by atoms with van der Waals surface area (Å²) < 4.78 is 4.70. The maximum atomic E-state index is 12.1. The molecule has 2 atom stereocenters. The van der Waals surface area contributed by atoms with Crippen molar-refractivity contribution in [2.24, 2.45) is 5.92 Å². The van der Waals surface area contributed by atoms with Crippen LogP contribution in [0.25, 0.3) is 0 Å². The zero-order valence-corrected chi connectivity index (χ0v) is 15.2. The molecule has 1 fully saturated rings. The Morgan fingerprint density at radius 1 is 1.24 bits per heavy atom. The molecule has 1 aromatic carbocycles. The van der Waals surface area contributed by atoms with Gasteiger partial charge >= 0.3 is 5.97 Å². The number of ether oxygens (including phenoxy) is 1. The van der Waals surface area contributed by atoms with Crippen LogP contribution in [0.3, 0.4) is 0 Å². The van der Waals surface area contributed by atoms with Crippen LogP contribution in [0.2, 0.25) is 0 Å². The van der Waals surface area contributed by atoms with E-state index < -0.39 is 23.7 Å². The normalized spacial score (nSPS) is 21.1. The minimum Gasteiger partial charge on any atom is -0.468 e. The molecule has 1 aliphatic rings. The molecule has 0 aliphatic carbocycles. The summed E-state index contributed by atoms with van der Waals surface area (Å²) in [6, 6.07) is 9.10. The Balaban J connectivity index is 0.00000200. The summed E-state index contributed by atoms with van der Waals surface area (Å²) in [6.45, 7) is 0. The molecule has 2 rings (SSSR count). The first-order valence-corrected chi connectivity index (χ1v) is 5.99. The van der Waals surface area contributed by atoms with Crippen molar-refractivity contribution >= 4 is 17.8 Å². The predicted octanol–water partition coefficient (Wildman–Crippen LogP) is 1.40. The number of amides is 2. The van der Waals surface area contributed by atoms with Crippen molar-refractivity contribution in [3.8, 4) is 0 Å². The van der Waals surface area contributed by atoms with E-state index in [0.717, 1.165) is 10.5 Å². The summed E-state index contributed by atoms with van der Waals surface area (Å²) >= 11 is 0. The quantitative estimate of drug-likeness (QED) is 0.344. The van der Waals surface area contributed by atoms with Gasteiger partial charge in [-0.15, -0.1) is 0 Å². The van der Waals surface area contributed by atoms with Gasteiger partial charge in [-0.3, -0.25) is 19.3 Å². The Labute approximate surface area is 149 Å². The maximum Gasteiger partial charge on any atom is 0.318 e. The van der Waals surface area contributed by atoms with Gasteiger partial charge in [-0.05, 0) is 5.56 Å². The molecule has 0 saturated carbocycles.